The summed E-state index contributed by atoms with van der Waals surface area (Å²) in [6, 6.07) is 0. The van der Waals surface area contributed by atoms with Gasteiger partial charge in [0.05, 0.1) is 0 Å². The molecule has 3 nitrogen and oxygen atoms in total. The van der Waals surface area contributed by atoms with Crippen molar-refractivity contribution in [3.8, 4) is 0 Å². The van der Waals surface area contributed by atoms with E-state index < -0.39 is 17.3 Å². The van der Waals surface area contributed by atoms with Crippen LogP contribution in [-0.4, -0.2) is 17.3 Å². The molecule has 0 aliphatic carbocycles. The van der Waals surface area contributed by atoms with Crippen LogP contribution in [0, 0.1) is 5.92 Å². The van der Waals surface area contributed by atoms with Gasteiger partial charge in [0.15, 0.2) is 0 Å². The predicted molar refractivity (Wildman–Crippen MR) is 35.3 cm³/mol. The van der Waals surface area contributed by atoms with Crippen LogP contribution < -0.4 is 0 Å². The summed E-state index contributed by atoms with van der Waals surface area (Å²) in [5.74, 6) is -1.60. The molecule has 0 saturated carbocycles. The van der Waals surface area contributed by atoms with E-state index in [2.05, 4.69) is 0 Å². The molecule has 0 aromatic carbocycles. The maximum absolute atomic E-state index is 10.5. The van der Waals surface area contributed by atoms with E-state index in [1.807, 2.05) is 0 Å². The molecule has 0 rings (SSSR count). The van der Waals surface area contributed by atoms with E-state index in [1.54, 1.807) is 0 Å². The molecule has 4 heteroatoms. The van der Waals surface area contributed by atoms with Crippen molar-refractivity contribution in [1.29, 1.82) is 0 Å². The van der Waals surface area contributed by atoms with Crippen LogP contribution in [0.5, 0.6) is 0 Å². The summed E-state index contributed by atoms with van der Waals surface area (Å²) >= 11 is 0. The second-order valence-corrected chi connectivity index (χ2v) is 2.04. The fourth-order valence-corrected chi connectivity index (χ4v) is 0.744. The van der Waals surface area contributed by atoms with Gasteiger partial charge >= 0.3 is 17.1 Å². The summed E-state index contributed by atoms with van der Waals surface area (Å²) in [5.41, 5.74) is 0. The van der Waals surface area contributed by atoms with E-state index in [-0.39, 0.29) is 23.0 Å². The Kier molecular flexibility index (Phi) is 6.04. The average Bonchev–Trinajstić information content (AvgIpc) is 1.59. The molecule has 0 aliphatic rings. The normalized spacial score (nSPS) is 7.91. The largest absolute Gasteiger partial charge is 1.00 e. The van der Waals surface area contributed by atoms with Crippen LogP contribution in [0.2, 0.25) is 0 Å². The Bertz CT molecular complexity index is 153. The van der Waals surface area contributed by atoms with Crippen molar-refractivity contribution < 1.29 is 31.5 Å². The topological polar surface area (TPSA) is 51.2 Å². The fourth-order valence-electron chi connectivity index (χ4n) is 0.744. The maximum atomic E-state index is 10.5. The van der Waals surface area contributed by atoms with E-state index >= 15 is 0 Å². The molecule has 0 N–H and O–H groups in total. The first-order valence-electron chi connectivity index (χ1n) is 2.86. The predicted octanol–water partition coefficient (Wildman–Crippen LogP) is 0.325. The molecule has 0 unspecified atom stereocenters. The van der Waals surface area contributed by atoms with Gasteiger partial charge in [-0.25, -0.2) is 0 Å². The molecule has 0 amide bonds. The smallest absolute Gasteiger partial charge is 0.334 e. The molecule has 0 atom stereocenters. The Morgan fingerprint density at radius 3 is 1.00 bits per heavy atom. The molecule has 0 heterocycles. The molecule has 11 heavy (non-hydrogen) atoms. The van der Waals surface area contributed by atoms with Gasteiger partial charge in [0.2, 0.25) is 0 Å². The third-order valence-corrected chi connectivity index (χ3v) is 1.06. The van der Waals surface area contributed by atoms with E-state index in [0.29, 0.717) is 0 Å². The molecule has 0 spiro atoms. The summed E-state index contributed by atoms with van der Waals surface area (Å²) in [6.45, 7) is 3.62. The first kappa shape index (κ1) is 13.0. The van der Waals surface area contributed by atoms with Crippen LogP contribution in [0.4, 0.5) is 0 Å². The second-order valence-electron chi connectivity index (χ2n) is 2.04. The van der Waals surface area contributed by atoms with Gasteiger partial charge in [0, 0.05) is 17.3 Å². The van der Waals surface area contributed by atoms with Crippen molar-refractivity contribution >= 4 is 17.3 Å². The van der Waals surface area contributed by atoms with Crippen molar-refractivity contribution in [3.63, 3.8) is 0 Å². The number of ketones is 3. The minimum absolute atomic E-state index is 0. The van der Waals surface area contributed by atoms with Crippen molar-refractivity contribution in [2.24, 2.45) is 0 Å². The van der Waals surface area contributed by atoms with Crippen LogP contribution in [0.1, 0.15) is 20.8 Å². The fraction of sp³-hybridized carbons (Fsp3) is 0.429. The minimum atomic E-state index is -0.458. The molecule has 0 aliphatic heterocycles. The number of rotatable bonds is 3. The van der Waals surface area contributed by atoms with Crippen molar-refractivity contribution in [1.82, 2.24) is 0 Å². The minimum Gasteiger partial charge on any atom is -0.334 e. The summed E-state index contributed by atoms with van der Waals surface area (Å²) in [6.07, 6.45) is 0. The first-order valence-corrected chi connectivity index (χ1v) is 2.86. The van der Waals surface area contributed by atoms with Crippen LogP contribution in [0.15, 0.2) is 0 Å². The number of hydrogen-bond donors (Lipinski definition) is 0. The Hall–Kier alpha value is -0.601. The zero-order valence-corrected chi connectivity index (χ0v) is 7.47. The molecule has 0 saturated heterocycles. The van der Waals surface area contributed by atoms with Gasteiger partial charge in [-0.05, 0) is 20.8 Å². The van der Waals surface area contributed by atoms with Gasteiger partial charge < -0.3 is 14.4 Å². The molecule has 66 valence electrons. The zero-order valence-electron chi connectivity index (χ0n) is 6.53. The maximum Gasteiger partial charge on any atom is 1.00 e. The Morgan fingerprint density at radius 1 is 0.818 bits per heavy atom. The van der Waals surface area contributed by atoms with Gasteiger partial charge in [-0.2, -0.15) is 5.92 Å². The van der Waals surface area contributed by atoms with E-state index in [4.69, 9.17) is 0 Å². The quantitative estimate of drug-likeness (QED) is 0.378. The molecule has 0 radical (unpaired) electrons. The van der Waals surface area contributed by atoms with E-state index in [0.717, 1.165) is 0 Å². The molecule has 0 fully saturated rings. The van der Waals surface area contributed by atoms with Crippen LogP contribution >= 0.6 is 0 Å². The molecular weight excluding hydrogens is 196 g/mol. The summed E-state index contributed by atoms with van der Waals surface area (Å²) in [5, 5.41) is 0. The van der Waals surface area contributed by atoms with Crippen LogP contribution in [0.25, 0.3) is 0 Å². The van der Waals surface area contributed by atoms with E-state index in [1.165, 1.54) is 20.8 Å². The van der Waals surface area contributed by atoms with Crippen LogP contribution in [-0.2, 0) is 31.5 Å². The van der Waals surface area contributed by atoms with E-state index in [9.17, 15) is 14.4 Å². The summed E-state index contributed by atoms with van der Waals surface area (Å²) in [4.78, 5) is 31.6. The molecule has 0 bridgehead atoms. The third kappa shape index (κ3) is 3.96. The SMILES string of the molecule is CC(=O)[C-](C(C)=O)C(C)=O.[Cu+]. The average molecular weight is 205 g/mol. The Labute approximate surface area is 76.0 Å². The molecule has 0 aromatic heterocycles. The Morgan fingerprint density at radius 2 is 1.00 bits per heavy atom. The third-order valence-electron chi connectivity index (χ3n) is 1.06. The first-order chi connectivity index (χ1) is 4.46. The monoisotopic (exact) mass is 204 g/mol. The Balaban J connectivity index is 0. The van der Waals surface area contributed by atoms with Gasteiger partial charge in [-0.1, -0.05) is 0 Å². The van der Waals surface area contributed by atoms with Crippen molar-refractivity contribution in [3.05, 3.63) is 5.92 Å². The summed E-state index contributed by atoms with van der Waals surface area (Å²) < 4.78 is 0. The van der Waals surface area contributed by atoms with Gasteiger partial charge in [0.1, 0.15) is 0 Å². The molecular formula is C7H9CuO3. The van der Waals surface area contributed by atoms with Gasteiger partial charge in [-0.3, -0.25) is 0 Å². The van der Waals surface area contributed by atoms with Gasteiger partial charge in [-0.15, -0.1) is 0 Å². The number of carbonyl (C=O) groups is 3. The second kappa shape index (κ2) is 5.10. The number of hydrogen-bond acceptors (Lipinski definition) is 3. The van der Waals surface area contributed by atoms with Crippen molar-refractivity contribution in [2.45, 2.75) is 20.8 Å². The zero-order chi connectivity index (χ0) is 8.31. The standard InChI is InChI=1S/C7H9O3.Cu/c1-4(8)7(5(2)9)6(3)10;/h1-3H3;/q-1;+1. The van der Waals surface area contributed by atoms with Crippen LogP contribution in [0.3, 0.4) is 0 Å². The van der Waals surface area contributed by atoms with Crippen molar-refractivity contribution in [2.75, 3.05) is 0 Å². The molecule has 0 aromatic rings. The summed E-state index contributed by atoms with van der Waals surface area (Å²) in [7, 11) is 0. The number of carbonyl (C=O) groups excluding carboxylic acids is 3. The van der Waals surface area contributed by atoms with Gasteiger partial charge in [0.25, 0.3) is 0 Å². The number of Topliss-reactive ketones (excluding diaryl/α,β-unsaturated/α-hetero) is 3.